The molecule has 3 heteroatoms. The largest absolute Gasteiger partial charge is 0.358 e. The summed E-state index contributed by atoms with van der Waals surface area (Å²) >= 11 is 0. The first kappa shape index (κ1) is 39.3. The van der Waals surface area contributed by atoms with E-state index in [1.807, 2.05) is 6.79 Å². The molecular formula is C4H10OWY-2. The Bertz CT molecular complexity index is 11.7. The van der Waals surface area contributed by atoms with Crippen molar-refractivity contribution in [1.29, 1.82) is 0 Å². The summed E-state index contributed by atoms with van der Waals surface area (Å²) in [5.41, 5.74) is 0. The summed E-state index contributed by atoms with van der Waals surface area (Å²) in [6, 6.07) is 0. The third kappa shape index (κ3) is 104. The van der Waals surface area contributed by atoms with E-state index in [4.69, 9.17) is 4.79 Å². The molecule has 0 aliphatic rings. The van der Waals surface area contributed by atoms with Crippen LogP contribution in [0.3, 0.4) is 0 Å². The van der Waals surface area contributed by atoms with E-state index < -0.39 is 0 Å². The zero-order chi connectivity index (χ0) is 4.00. The van der Waals surface area contributed by atoms with Crippen LogP contribution in [-0.4, -0.2) is 6.79 Å². The van der Waals surface area contributed by atoms with Gasteiger partial charge in [0.15, 0.2) is 0 Å². The molecule has 0 bridgehead atoms. The fourth-order valence-electron chi connectivity index (χ4n) is 0. The van der Waals surface area contributed by atoms with Crippen LogP contribution in [0.5, 0.6) is 0 Å². The molecule has 0 rings (SSSR count). The molecule has 0 spiro atoms. The van der Waals surface area contributed by atoms with Gasteiger partial charge in [-0.25, -0.2) is 0 Å². The molecule has 0 N–H and O–H groups in total. The summed E-state index contributed by atoms with van der Waals surface area (Å²) in [5.74, 6) is 0. The van der Waals surface area contributed by atoms with Gasteiger partial charge in [0.05, 0.1) is 0 Å². The first-order valence-electron chi connectivity index (χ1n) is 0.996. The van der Waals surface area contributed by atoms with Crippen LogP contribution < -0.4 is 0 Å². The molecule has 0 atom stereocenters. The molecule has 0 aliphatic carbocycles. The Kier molecular flexibility index (Phi) is 819. The quantitative estimate of drug-likeness (QED) is 0.600. The van der Waals surface area contributed by atoms with Gasteiger partial charge in [0.1, 0.15) is 6.79 Å². The summed E-state index contributed by atoms with van der Waals surface area (Å²) in [6.45, 7) is 7.00. The number of carbonyl (C=O) groups excluding carboxylic acids is 1. The maximum Gasteiger partial charge on any atom is 0.106 e. The minimum Gasteiger partial charge on any atom is -0.358 e. The van der Waals surface area contributed by atoms with Crippen molar-refractivity contribution in [3.05, 3.63) is 14.4 Å². The molecule has 0 fully saturated rings. The van der Waals surface area contributed by atoms with Gasteiger partial charge in [-0.3, -0.25) is 0 Å². The molecular weight excluding hydrogens is 337 g/mol. The van der Waals surface area contributed by atoms with Gasteiger partial charge >= 0.3 is 0 Å². The topological polar surface area (TPSA) is 17.1 Å². The van der Waals surface area contributed by atoms with E-state index in [0.29, 0.717) is 0 Å². The van der Waals surface area contributed by atoms with Crippen molar-refractivity contribution in [3.63, 3.8) is 0 Å². The molecule has 1 radical (unpaired) electrons. The van der Waals surface area contributed by atoms with Gasteiger partial charge < -0.3 is 19.1 Å². The Morgan fingerprint density at radius 2 is 1.29 bits per heavy atom. The van der Waals surface area contributed by atoms with Crippen LogP contribution >= 0.6 is 0 Å². The Morgan fingerprint density at radius 1 is 1.29 bits per heavy atom. The van der Waals surface area contributed by atoms with Crippen LogP contribution in [0.25, 0.3) is 0 Å². The van der Waals surface area contributed by atoms with Crippen molar-refractivity contribution in [2.45, 2.75) is 6.92 Å². The number of rotatable bonds is 0. The molecule has 1 nitrogen and oxygen atoms in total. The Labute approximate surface area is 85.8 Å². The Balaban J connectivity index is -0.00000000267. The van der Waals surface area contributed by atoms with Crippen LogP contribution in [-0.2, 0) is 58.6 Å². The Morgan fingerprint density at radius 3 is 1.29 bits per heavy atom. The molecule has 0 aromatic rings. The first-order valence-corrected chi connectivity index (χ1v) is 0.996. The standard InChI is InChI=1S/C2H5.CH2O.CH3.W.Y/c2*1-2;;;/h1H2,2H3;1H2;1H3;;/q-1;;-1;;. The molecule has 0 heterocycles. The van der Waals surface area contributed by atoms with Crippen molar-refractivity contribution < 1.29 is 58.6 Å². The van der Waals surface area contributed by atoms with Crippen molar-refractivity contribution in [3.8, 4) is 0 Å². The number of carbonyl (C=O) groups is 1. The van der Waals surface area contributed by atoms with Crippen molar-refractivity contribution in [2.75, 3.05) is 0 Å². The van der Waals surface area contributed by atoms with E-state index in [1.165, 1.54) is 0 Å². The van der Waals surface area contributed by atoms with Gasteiger partial charge in [0.2, 0.25) is 0 Å². The molecule has 0 aromatic heterocycles. The maximum atomic E-state index is 8.00. The fourth-order valence-corrected chi connectivity index (χ4v) is 0. The molecule has 0 unspecified atom stereocenters. The average Bonchev–Trinajstić information content (AvgIpc) is 1.50. The molecule has 0 aromatic carbocycles. The molecule has 7 heavy (non-hydrogen) atoms. The summed E-state index contributed by atoms with van der Waals surface area (Å²) in [6.07, 6.45) is 0. The summed E-state index contributed by atoms with van der Waals surface area (Å²) in [5, 5.41) is 0. The fraction of sp³-hybridized carbons (Fsp3) is 0.250. The van der Waals surface area contributed by atoms with Gasteiger partial charge in [-0.05, 0) is 0 Å². The van der Waals surface area contributed by atoms with E-state index in [0.717, 1.165) is 0 Å². The second kappa shape index (κ2) is 146. The second-order valence-corrected chi connectivity index (χ2v) is 0. The van der Waals surface area contributed by atoms with Crippen LogP contribution in [0, 0.1) is 14.4 Å². The van der Waals surface area contributed by atoms with Crippen LogP contribution in [0.4, 0.5) is 0 Å². The van der Waals surface area contributed by atoms with Gasteiger partial charge in [-0.1, -0.05) is 0 Å². The van der Waals surface area contributed by atoms with Gasteiger partial charge in [0.25, 0.3) is 0 Å². The van der Waals surface area contributed by atoms with Crippen LogP contribution in [0.15, 0.2) is 0 Å². The van der Waals surface area contributed by atoms with E-state index >= 15 is 0 Å². The first-order chi connectivity index (χ1) is 2.00. The molecule has 0 saturated carbocycles. The average molecular weight is 347 g/mol. The zero-order valence-corrected chi connectivity index (χ0v) is 10.6. The van der Waals surface area contributed by atoms with Crippen LogP contribution in [0.2, 0.25) is 0 Å². The summed E-state index contributed by atoms with van der Waals surface area (Å²) in [7, 11) is 0. The van der Waals surface area contributed by atoms with Gasteiger partial charge in [0, 0.05) is 53.8 Å². The van der Waals surface area contributed by atoms with E-state index in [1.54, 1.807) is 6.92 Å². The minimum atomic E-state index is 0. The minimum absolute atomic E-state index is 0. The Hall–Kier alpha value is 1.46. The van der Waals surface area contributed by atoms with Crippen molar-refractivity contribution in [2.24, 2.45) is 0 Å². The predicted octanol–water partition coefficient (Wildman–Crippen LogP) is 1.10. The molecule has 43 valence electrons. The van der Waals surface area contributed by atoms with Crippen molar-refractivity contribution >= 4 is 6.79 Å². The van der Waals surface area contributed by atoms with E-state index in [2.05, 4.69) is 6.92 Å². The second-order valence-electron chi connectivity index (χ2n) is 0. The summed E-state index contributed by atoms with van der Waals surface area (Å²) in [4.78, 5) is 8.00. The van der Waals surface area contributed by atoms with E-state index in [-0.39, 0.29) is 61.2 Å². The van der Waals surface area contributed by atoms with Crippen molar-refractivity contribution in [1.82, 2.24) is 0 Å². The zero-order valence-electron chi connectivity index (χ0n) is 4.81. The third-order valence-corrected chi connectivity index (χ3v) is 0. The van der Waals surface area contributed by atoms with E-state index in [9.17, 15) is 0 Å². The predicted molar refractivity (Wildman–Crippen MR) is 24.6 cm³/mol. The molecule has 0 aliphatic heterocycles. The number of hydrogen-bond donors (Lipinski definition) is 0. The monoisotopic (exact) mass is 347 g/mol. The van der Waals surface area contributed by atoms with Crippen LogP contribution in [0.1, 0.15) is 6.92 Å². The maximum absolute atomic E-state index is 8.00. The van der Waals surface area contributed by atoms with Gasteiger partial charge in [-0.15, -0.1) is 0 Å². The normalized spacial score (nSPS) is 1.43. The summed E-state index contributed by atoms with van der Waals surface area (Å²) < 4.78 is 0. The molecule has 0 amide bonds. The molecule has 0 saturated heterocycles. The smallest absolute Gasteiger partial charge is 0.106 e. The number of hydrogen-bond acceptors (Lipinski definition) is 1. The third-order valence-electron chi connectivity index (χ3n) is 0. The SMILES string of the molecule is C=O.[CH2-]C.[CH3-].[W].[Y]. The van der Waals surface area contributed by atoms with Gasteiger partial charge in [-0.2, -0.15) is 6.92 Å².